The van der Waals surface area contributed by atoms with Gasteiger partial charge in [0.25, 0.3) is 17.7 Å². The number of benzene rings is 3. The van der Waals surface area contributed by atoms with Crippen molar-refractivity contribution in [2.45, 2.75) is 12.7 Å². The number of alkyl halides is 3. The van der Waals surface area contributed by atoms with E-state index in [4.69, 9.17) is 0 Å². The van der Waals surface area contributed by atoms with Crippen molar-refractivity contribution in [3.8, 4) is 0 Å². The third-order valence-corrected chi connectivity index (χ3v) is 6.53. The molecule has 0 aromatic heterocycles. The van der Waals surface area contributed by atoms with E-state index < -0.39 is 17.6 Å². The highest BCUT2D eigenvalue weighted by Crippen LogP contribution is 2.33. The Kier molecular flexibility index (Phi) is 5.99. The monoisotopic (exact) mass is 493 g/mol. The molecule has 1 saturated heterocycles. The van der Waals surface area contributed by atoms with Gasteiger partial charge in [-0.2, -0.15) is 13.2 Å². The number of amides is 3. The van der Waals surface area contributed by atoms with Crippen LogP contribution in [0.15, 0.2) is 72.8 Å². The minimum atomic E-state index is -4.61. The maximum absolute atomic E-state index is 13.3. The molecule has 0 atom stereocenters. The molecule has 5 rings (SSSR count). The summed E-state index contributed by atoms with van der Waals surface area (Å²) >= 11 is 0. The molecule has 3 aromatic rings. The van der Waals surface area contributed by atoms with Gasteiger partial charge in [-0.25, -0.2) is 0 Å². The number of rotatable bonds is 4. The Bertz CT molecular complexity index is 1330. The summed E-state index contributed by atoms with van der Waals surface area (Å²) < 4.78 is 40.0. The van der Waals surface area contributed by atoms with Crippen molar-refractivity contribution < 1.29 is 27.6 Å². The van der Waals surface area contributed by atoms with Gasteiger partial charge in [-0.05, 0) is 35.9 Å². The fourth-order valence-electron chi connectivity index (χ4n) is 4.64. The van der Waals surface area contributed by atoms with Crippen LogP contribution in [0, 0.1) is 0 Å². The van der Waals surface area contributed by atoms with Gasteiger partial charge < -0.3 is 9.80 Å². The van der Waals surface area contributed by atoms with Gasteiger partial charge in [0.1, 0.15) is 0 Å². The second-order valence-corrected chi connectivity index (χ2v) is 8.73. The van der Waals surface area contributed by atoms with Gasteiger partial charge in [-0.3, -0.25) is 19.3 Å². The molecule has 6 nitrogen and oxygen atoms in total. The van der Waals surface area contributed by atoms with Crippen LogP contribution >= 0.6 is 0 Å². The molecular weight excluding hydrogens is 471 g/mol. The first-order valence-corrected chi connectivity index (χ1v) is 11.5. The number of fused-ring (bicyclic) bond motifs is 1. The minimum Gasteiger partial charge on any atom is -0.368 e. The molecular formula is C27H22F3N3O3. The van der Waals surface area contributed by atoms with E-state index in [-0.39, 0.29) is 37.0 Å². The molecule has 9 heteroatoms. The van der Waals surface area contributed by atoms with E-state index in [0.29, 0.717) is 24.2 Å². The van der Waals surface area contributed by atoms with E-state index >= 15 is 0 Å². The Labute approximate surface area is 205 Å². The highest BCUT2D eigenvalue weighted by molar-refractivity contribution is 6.21. The van der Waals surface area contributed by atoms with Gasteiger partial charge >= 0.3 is 6.18 Å². The SMILES string of the molecule is O=C(c1ccccc1C(F)(F)F)N1CCN(c2ccc3c(c2)C(=O)N(Cc2ccccc2)C3=O)CC1. The maximum atomic E-state index is 13.3. The molecule has 0 N–H and O–H groups in total. The molecule has 2 heterocycles. The fraction of sp³-hybridized carbons (Fsp3) is 0.222. The average molecular weight is 493 g/mol. The molecule has 0 bridgehead atoms. The number of nitrogens with zero attached hydrogens (tertiary/aromatic N) is 3. The van der Waals surface area contributed by atoms with Crippen LogP contribution in [-0.2, 0) is 12.7 Å². The summed E-state index contributed by atoms with van der Waals surface area (Å²) in [6.07, 6.45) is -4.61. The predicted octanol–water partition coefficient (Wildman–Crippen LogP) is 4.46. The summed E-state index contributed by atoms with van der Waals surface area (Å²) in [5.41, 5.74) is 0.931. The lowest BCUT2D eigenvalue weighted by Gasteiger charge is -2.36. The summed E-state index contributed by atoms with van der Waals surface area (Å²) in [5, 5.41) is 0. The molecule has 3 aromatic carbocycles. The van der Waals surface area contributed by atoms with E-state index in [2.05, 4.69) is 0 Å². The van der Waals surface area contributed by atoms with Crippen molar-refractivity contribution >= 4 is 23.4 Å². The summed E-state index contributed by atoms with van der Waals surface area (Å²) in [6, 6.07) is 19.1. The Morgan fingerprint density at radius 2 is 1.42 bits per heavy atom. The van der Waals surface area contributed by atoms with Crippen LogP contribution in [0.25, 0.3) is 0 Å². The molecule has 2 aliphatic heterocycles. The normalized spacial score (nSPS) is 15.9. The Balaban J connectivity index is 1.28. The molecule has 3 amide bonds. The second kappa shape index (κ2) is 9.14. The molecule has 0 aliphatic carbocycles. The van der Waals surface area contributed by atoms with Crippen LogP contribution in [0.4, 0.5) is 18.9 Å². The average Bonchev–Trinajstić information content (AvgIpc) is 3.12. The molecule has 184 valence electrons. The third-order valence-electron chi connectivity index (χ3n) is 6.53. The van der Waals surface area contributed by atoms with Gasteiger partial charge in [-0.15, -0.1) is 0 Å². The highest BCUT2D eigenvalue weighted by Gasteiger charge is 2.38. The third kappa shape index (κ3) is 4.32. The van der Waals surface area contributed by atoms with Crippen LogP contribution in [0.1, 0.15) is 42.2 Å². The number of carbonyl (C=O) groups is 3. The standard InChI is InChI=1S/C27H22F3N3O3/c28-27(29,30)23-9-5-4-8-21(23)24(34)32-14-12-31(13-15-32)19-10-11-20-22(16-19)26(36)33(25(20)35)17-18-6-2-1-3-7-18/h1-11,16H,12-15,17H2. The van der Waals surface area contributed by atoms with Crippen molar-refractivity contribution in [2.24, 2.45) is 0 Å². The first-order valence-electron chi connectivity index (χ1n) is 11.5. The number of hydrogen-bond acceptors (Lipinski definition) is 4. The largest absolute Gasteiger partial charge is 0.417 e. The van der Waals surface area contributed by atoms with E-state index in [1.165, 1.54) is 28.0 Å². The van der Waals surface area contributed by atoms with E-state index in [9.17, 15) is 27.6 Å². The van der Waals surface area contributed by atoms with Gasteiger partial charge in [0.2, 0.25) is 0 Å². The molecule has 1 fully saturated rings. The summed E-state index contributed by atoms with van der Waals surface area (Å²) in [5.74, 6) is -1.36. The summed E-state index contributed by atoms with van der Waals surface area (Å²) in [4.78, 5) is 43.2. The van der Waals surface area contributed by atoms with Crippen LogP contribution in [0.5, 0.6) is 0 Å². The zero-order valence-corrected chi connectivity index (χ0v) is 19.2. The molecule has 0 saturated carbocycles. The van der Waals surface area contributed by atoms with Crippen molar-refractivity contribution in [1.29, 1.82) is 0 Å². The van der Waals surface area contributed by atoms with Gasteiger partial charge in [0, 0.05) is 31.9 Å². The molecule has 36 heavy (non-hydrogen) atoms. The van der Waals surface area contributed by atoms with Crippen LogP contribution in [0.3, 0.4) is 0 Å². The van der Waals surface area contributed by atoms with Crippen LogP contribution in [-0.4, -0.2) is 53.7 Å². The molecule has 0 unspecified atom stereocenters. The first kappa shape index (κ1) is 23.6. The van der Waals surface area contributed by atoms with Gasteiger partial charge in [0.05, 0.1) is 28.8 Å². The highest BCUT2D eigenvalue weighted by atomic mass is 19.4. The Morgan fingerprint density at radius 3 is 2.11 bits per heavy atom. The predicted molar refractivity (Wildman–Crippen MR) is 127 cm³/mol. The lowest BCUT2D eigenvalue weighted by atomic mass is 10.0. The summed E-state index contributed by atoms with van der Waals surface area (Å²) in [7, 11) is 0. The Morgan fingerprint density at radius 1 is 0.778 bits per heavy atom. The molecule has 0 spiro atoms. The number of hydrogen-bond donors (Lipinski definition) is 0. The maximum Gasteiger partial charge on any atom is 0.417 e. The summed E-state index contributed by atoms with van der Waals surface area (Å²) in [6.45, 7) is 1.41. The zero-order chi connectivity index (χ0) is 25.4. The Hall–Kier alpha value is -4.14. The van der Waals surface area contributed by atoms with Crippen molar-refractivity contribution in [3.05, 3.63) is 101 Å². The second-order valence-electron chi connectivity index (χ2n) is 8.73. The number of anilines is 1. The molecule has 0 radical (unpaired) electrons. The lowest BCUT2D eigenvalue weighted by molar-refractivity contribution is -0.138. The van der Waals surface area contributed by atoms with Crippen molar-refractivity contribution in [1.82, 2.24) is 9.80 Å². The number of carbonyl (C=O) groups excluding carboxylic acids is 3. The van der Waals surface area contributed by atoms with Crippen molar-refractivity contribution in [2.75, 3.05) is 31.1 Å². The first-order chi connectivity index (χ1) is 17.2. The smallest absolute Gasteiger partial charge is 0.368 e. The van der Waals surface area contributed by atoms with Crippen LogP contribution in [0.2, 0.25) is 0 Å². The number of imide groups is 1. The zero-order valence-electron chi connectivity index (χ0n) is 19.2. The van der Waals surface area contributed by atoms with E-state index in [1.807, 2.05) is 35.2 Å². The topological polar surface area (TPSA) is 60.9 Å². The van der Waals surface area contributed by atoms with E-state index in [0.717, 1.165) is 17.3 Å². The lowest BCUT2D eigenvalue weighted by Crippen LogP contribution is -2.49. The number of piperazine rings is 1. The number of halogens is 3. The van der Waals surface area contributed by atoms with E-state index in [1.54, 1.807) is 18.2 Å². The quantitative estimate of drug-likeness (QED) is 0.504. The van der Waals surface area contributed by atoms with Gasteiger partial charge in [-0.1, -0.05) is 42.5 Å². The fourth-order valence-corrected chi connectivity index (χ4v) is 4.64. The minimum absolute atomic E-state index is 0.183. The molecule has 2 aliphatic rings. The van der Waals surface area contributed by atoms with Crippen LogP contribution < -0.4 is 4.90 Å². The van der Waals surface area contributed by atoms with Gasteiger partial charge in [0.15, 0.2) is 0 Å². The van der Waals surface area contributed by atoms with Crippen molar-refractivity contribution in [3.63, 3.8) is 0 Å².